The summed E-state index contributed by atoms with van der Waals surface area (Å²) in [5.41, 5.74) is 2.57. The Bertz CT molecular complexity index is 625. The number of amides is 1. The first-order chi connectivity index (χ1) is 10.7. The Morgan fingerprint density at radius 3 is 2.73 bits per heavy atom. The van der Waals surface area contributed by atoms with Crippen molar-refractivity contribution in [1.29, 1.82) is 0 Å². The van der Waals surface area contributed by atoms with Gasteiger partial charge in [0, 0.05) is 30.0 Å². The molecule has 3 rings (SSSR count). The number of benzene rings is 1. The second kappa shape index (κ2) is 6.60. The topological polar surface area (TPSA) is 45.2 Å². The van der Waals surface area contributed by atoms with Crippen molar-refractivity contribution in [3.63, 3.8) is 0 Å². The van der Waals surface area contributed by atoms with Crippen molar-refractivity contribution < 1.29 is 4.79 Å². The van der Waals surface area contributed by atoms with Gasteiger partial charge in [0.25, 0.3) is 5.91 Å². The normalized spacial score (nSPS) is 18.0. The molecular weight excluding hydrogens is 274 g/mol. The van der Waals surface area contributed by atoms with Gasteiger partial charge in [-0.2, -0.15) is 0 Å². The first-order valence-electron chi connectivity index (χ1n) is 7.82. The lowest BCUT2D eigenvalue weighted by Crippen LogP contribution is -2.37. The molecule has 1 aromatic heterocycles. The molecule has 0 bridgehead atoms. The molecular formula is C18H21N3O. The molecule has 1 amide bonds. The van der Waals surface area contributed by atoms with E-state index in [0.717, 1.165) is 6.54 Å². The van der Waals surface area contributed by atoms with E-state index >= 15 is 0 Å². The van der Waals surface area contributed by atoms with E-state index in [2.05, 4.69) is 22.1 Å². The fraction of sp³-hybridized carbons (Fsp3) is 0.333. The molecule has 1 saturated heterocycles. The summed E-state index contributed by atoms with van der Waals surface area (Å²) in [6.45, 7) is 3.37. The van der Waals surface area contributed by atoms with E-state index in [4.69, 9.17) is 0 Å². The van der Waals surface area contributed by atoms with Crippen LogP contribution >= 0.6 is 0 Å². The van der Waals surface area contributed by atoms with Gasteiger partial charge in [0.1, 0.15) is 0 Å². The zero-order valence-electron chi connectivity index (χ0n) is 12.8. The van der Waals surface area contributed by atoms with Gasteiger partial charge in [0.2, 0.25) is 0 Å². The zero-order chi connectivity index (χ0) is 15.4. The Labute approximate surface area is 131 Å². The summed E-state index contributed by atoms with van der Waals surface area (Å²) in [5.74, 6) is -0.105. The van der Waals surface area contributed by atoms with Gasteiger partial charge in [-0.1, -0.05) is 0 Å². The third kappa shape index (κ3) is 3.27. The van der Waals surface area contributed by atoms with Gasteiger partial charge in [0.05, 0.1) is 11.9 Å². The molecule has 2 aromatic rings. The van der Waals surface area contributed by atoms with Crippen LogP contribution in [-0.4, -0.2) is 23.5 Å². The number of nitrogens with zero attached hydrogens (tertiary/aromatic N) is 2. The quantitative estimate of drug-likeness (QED) is 0.938. The molecule has 1 aromatic carbocycles. The Morgan fingerprint density at radius 1 is 1.23 bits per heavy atom. The predicted molar refractivity (Wildman–Crippen MR) is 89.3 cm³/mol. The molecule has 0 aliphatic carbocycles. The number of rotatable bonds is 3. The van der Waals surface area contributed by atoms with Crippen LogP contribution in [0.2, 0.25) is 0 Å². The van der Waals surface area contributed by atoms with Crippen LogP contribution in [0.25, 0.3) is 0 Å². The van der Waals surface area contributed by atoms with Gasteiger partial charge in [-0.25, -0.2) is 0 Å². The lowest BCUT2D eigenvalue weighted by Gasteiger charge is -2.35. The summed E-state index contributed by atoms with van der Waals surface area (Å²) in [6, 6.07) is 12.1. The summed E-state index contributed by atoms with van der Waals surface area (Å²) in [5, 5.41) is 2.85. The van der Waals surface area contributed by atoms with Crippen molar-refractivity contribution in [2.75, 3.05) is 16.8 Å². The summed E-state index contributed by atoms with van der Waals surface area (Å²) in [6.07, 6.45) is 7.12. The third-order valence-electron chi connectivity index (χ3n) is 4.18. The highest BCUT2D eigenvalue weighted by Gasteiger charge is 2.18. The predicted octanol–water partition coefficient (Wildman–Crippen LogP) is 3.71. The molecule has 4 nitrogen and oxygen atoms in total. The van der Waals surface area contributed by atoms with E-state index in [1.54, 1.807) is 18.5 Å². The Kier molecular flexibility index (Phi) is 4.37. The van der Waals surface area contributed by atoms with Gasteiger partial charge < -0.3 is 10.2 Å². The van der Waals surface area contributed by atoms with Gasteiger partial charge in [0.15, 0.2) is 0 Å². The molecule has 114 valence electrons. The summed E-state index contributed by atoms with van der Waals surface area (Å²) in [4.78, 5) is 18.6. The number of aromatic nitrogens is 1. The minimum absolute atomic E-state index is 0.105. The fourth-order valence-corrected chi connectivity index (χ4v) is 2.93. The Balaban J connectivity index is 1.69. The first-order valence-corrected chi connectivity index (χ1v) is 7.82. The van der Waals surface area contributed by atoms with Gasteiger partial charge >= 0.3 is 0 Å². The molecule has 0 saturated carbocycles. The van der Waals surface area contributed by atoms with Crippen LogP contribution in [0.4, 0.5) is 11.4 Å². The molecule has 4 heteroatoms. The molecule has 1 fully saturated rings. The van der Waals surface area contributed by atoms with Crippen LogP contribution < -0.4 is 10.2 Å². The van der Waals surface area contributed by atoms with Crippen molar-refractivity contribution in [2.45, 2.75) is 32.2 Å². The van der Waals surface area contributed by atoms with E-state index in [0.29, 0.717) is 17.3 Å². The van der Waals surface area contributed by atoms with Crippen molar-refractivity contribution in [3.8, 4) is 0 Å². The highest BCUT2D eigenvalue weighted by Crippen LogP contribution is 2.24. The van der Waals surface area contributed by atoms with Crippen LogP contribution in [0.5, 0.6) is 0 Å². The number of carbonyl (C=O) groups excluding carboxylic acids is 1. The van der Waals surface area contributed by atoms with E-state index in [-0.39, 0.29) is 5.91 Å². The number of nitrogens with one attached hydrogen (secondary N) is 1. The Morgan fingerprint density at radius 2 is 2.05 bits per heavy atom. The molecule has 0 spiro atoms. The van der Waals surface area contributed by atoms with Crippen LogP contribution in [-0.2, 0) is 0 Å². The van der Waals surface area contributed by atoms with Gasteiger partial charge in [-0.15, -0.1) is 0 Å². The van der Waals surface area contributed by atoms with Crippen LogP contribution in [0.3, 0.4) is 0 Å². The van der Waals surface area contributed by atoms with Crippen LogP contribution in [0.15, 0.2) is 48.8 Å². The SMILES string of the molecule is CC1CCCCN1c1ccc(C(=O)Nc2cccnc2)cc1. The van der Waals surface area contributed by atoms with Crippen molar-refractivity contribution in [3.05, 3.63) is 54.4 Å². The van der Waals surface area contributed by atoms with Crippen molar-refractivity contribution >= 4 is 17.3 Å². The van der Waals surface area contributed by atoms with Crippen molar-refractivity contribution in [2.24, 2.45) is 0 Å². The van der Waals surface area contributed by atoms with Crippen molar-refractivity contribution in [1.82, 2.24) is 4.98 Å². The number of carbonyl (C=O) groups is 1. The smallest absolute Gasteiger partial charge is 0.255 e. The zero-order valence-corrected chi connectivity index (χ0v) is 12.8. The third-order valence-corrected chi connectivity index (χ3v) is 4.18. The standard InChI is InChI=1S/C18H21N3O/c1-14-5-2-3-12-21(14)17-9-7-15(8-10-17)18(22)20-16-6-4-11-19-13-16/h4,6-11,13-14H,2-3,5,12H2,1H3,(H,20,22). The monoisotopic (exact) mass is 295 g/mol. The molecule has 2 heterocycles. The number of piperidine rings is 1. The largest absolute Gasteiger partial charge is 0.369 e. The van der Waals surface area contributed by atoms with Gasteiger partial charge in [-0.05, 0) is 62.6 Å². The van der Waals surface area contributed by atoms with E-state index in [9.17, 15) is 4.79 Å². The number of hydrogen-bond donors (Lipinski definition) is 1. The molecule has 1 aliphatic heterocycles. The minimum Gasteiger partial charge on any atom is -0.369 e. The molecule has 1 unspecified atom stereocenters. The molecule has 0 radical (unpaired) electrons. The summed E-state index contributed by atoms with van der Waals surface area (Å²) < 4.78 is 0. The lowest BCUT2D eigenvalue weighted by molar-refractivity contribution is 0.102. The average Bonchev–Trinajstić information content (AvgIpc) is 2.56. The second-order valence-electron chi connectivity index (χ2n) is 5.78. The molecule has 1 aliphatic rings. The maximum atomic E-state index is 12.2. The summed E-state index contributed by atoms with van der Waals surface area (Å²) >= 11 is 0. The van der Waals surface area contributed by atoms with E-state index < -0.39 is 0 Å². The Hall–Kier alpha value is -2.36. The lowest BCUT2D eigenvalue weighted by atomic mass is 10.0. The number of anilines is 2. The maximum absolute atomic E-state index is 12.2. The average molecular weight is 295 g/mol. The fourth-order valence-electron chi connectivity index (χ4n) is 2.93. The highest BCUT2D eigenvalue weighted by molar-refractivity contribution is 6.04. The number of pyridine rings is 1. The molecule has 1 N–H and O–H groups in total. The van der Waals surface area contributed by atoms with Crippen LogP contribution in [0.1, 0.15) is 36.5 Å². The maximum Gasteiger partial charge on any atom is 0.255 e. The van der Waals surface area contributed by atoms with Gasteiger partial charge in [-0.3, -0.25) is 9.78 Å². The first kappa shape index (κ1) is 14.6. The highest BCUT2D eigenvalue weighted by atomic mass is 16.1. The minimum atomic E-state index is -0.105. The summed E-state index contributed by atoms with van der Waals surface area (Å²) in [7, 11) is 0. The van der Waals surface area contributed by atoms with Crippen LogP contribution in [0, 0.1) is 0 Å². The van der Waals surface area contributed by atoms with E-state index in [1.807, 2.05) is 30.3 Å². The second-order valence-corrected chi connectivity index (χ2v) is 5.78. The molecule has 22 heavy (non-hydrogen) atoms. The molecule has 1 atom stereocenters. The van der Waals surface area contributed by atoms with E-state index in [1.165, 1.54) is 24.9 Å². The number of hydrogen-bond acceptors (Lipinski definition) is 3.